The lowest BCUT2D eigenvalue weighted by molar-refractivity contribution is -0.144. The third kappa shape index (κ3) is 3.50. The number of para-hydroxylation sites is 1. The highest BCUT2D eigenvalue weighted by Crippen LogP contribution is 2.33. The molecule has 0 unspecified atom stereocenters. The highest BCUT2D eigenvalue weighted by molar-refractivity contribution is 5.74. The Bertz CT molecular complexity index is 607. The average molecular weight is 272 g/mol. The Morgan fingerprint density at radius 2 is 2.05 bits per heavy atom. The van der Waals surface area contributed by atoms with Gasteiger partial charge < -0.3 is 14.6 Å². The van der Waals surface area contributed by atoms with Gasteiger partial charge in [-0.05, 0) is 19.1 Å². The van der Waals surface area contributed by atoms with Gasteiger partial charge in [-0.3, -0.25) is 0 Å². The highest BCUT2D eigenvalue weighted by Gasteiger charge is 2.18. The van der Waals surface area contributed by atoms with E-state index in [0.717, 1.165) is 0 Å². The van der Waals surface area contributed by atoms with Crippen molar-refractivity contribution in [1.82, 2.24) is 0 Å². The van der Waals surface area contributed by atoms with Crippen molar-refractivity contribution in [3.63, 3.8) is 0 Å². The van der Waals surface area contributed by atoms with Crippen molar-refractivity contribution in [2.45, 2.75) is 13.0 Å². The van der Waals surface area contributed by atoms with E-state index in [-0.39, 0.29) is 11.3 Å². The lowest BCUT2D eigenvalue weighted by atomic mass is 10.1. The number of nitrogens with zero attached hydrogens (tertiary/aromatic N) is 2. The normalized spacial score (nSPS) is 10.6. The highest BCUT2D eigenvalue weighted by atomic mass is 16.5. The molecule has 0 amide bonds. The molecule has 0 bridgehead atoms. The van der Waals surface area contributed by atoms with Gasteiger partial charge in [-0.25, -0.2) is 4.79 Å². The molecule has 0 aromatic heterocycles. The largest absolute Gasteiger partial charge is 0.493 e. The second-order valence-electron chi connectivity index (χ2n) is 3.76. The first-order chi connectivity index (χ1) is 9.53. The van der Waals surface area contributed by atoms with E-state index in [2.05, 4.69) is 0 Å². The summed E-state index contributed by atoms with van der Waals surface area (Å²) in [4.78, 5) is 10.9. The zero-order valence-electron chi connectivity index (χ0n) is 11.0. The van der Waals surface area contributed by atoms with Crippen LogP contribution in [-0.4, -0.2) is 24.3 Å². The summed E-state index contributed by atoms with van der Waals surface area (Å²) >= 11 is 0. The summed E-state index contributed by atoms with van der Waals surface area (Å²) in [5.74, 6) is -0.637. The molecule has 1 atom stereocenters. The molecule has 0 saturated heterocycles. The maximum absolute atomic E-state index is 10.9. The van der Waals surface area contributed by atoms with Gasteiger partial charge in [0.2, 0.25) is 0 Å². The first-order valence-electron chi connectivity index (χ1n) is 5.61. The van der Waals surface area contributed by atoms with E-state index in [1.165, 1.54) is 20.1 Å². The van der Waals surface area contributed by atoms with Gasteiger partial charge in [0.15, 0.2) is 17.6 Å². The molecule has 0 aliphatic carbocycles. The minimum absolute atomic E-state index is 0.119. The molecule has 6 heteroatoms. The number of hydrogen-bond donors (Lipinski definition) is 1. The first kappa shape index (κ1) is 15.1. The van der Waals surface area contributed by atoms with E-state index in [9.17, 15) is 4.79 Å². The second-order valence-corrected chi connectivity index (χ2v) is 3.76. The predicted molar refractivity (Wildman–Crippen MR) is 69.9 cm³/mol. The lowest BCUT2D eigenvalue weighted by Gasteiger charge is -2.16. The van der Waals surface area contributed by atoms with Crippen molar-refractivity contribution >= 4 is 12.0 Å². The number of ether oxygens (including phenoxy) is 2. The van der Waals surface area contributed by atoms with Gasteiger partial charge in [-0.1, -0.05) is 12.1 Å². The van der Waals surface area contributed by atoms with Crippen LogP contribution in [0.5, 0.6) is 11.5 Å². The molecule has 1 aromatic carbocycles. The van der Waals surface area contributed by atoms with Crippen LogP contribution in [0, 0.1) is 22.7 Å². The average Bonchev–Trinajstić information content (AvgIpc) is 2.45. The Morgan fingerprint density at radius 3 is 2.55 bits per heavy atom. The number of methoxy groups -OCH3 is 1. The van der Waals surface area contributed by atoms with Crippen LogP contribution >= 0.6 is 0 Å². The summed E-state index contributed by atoms with van der Waals surface area (Å²) in [6.07, 6.45) is 0.220. The first-order valence-corrected chi connectivity index (χ1v) is 5.61. The topological polar surface area (TPSA) is 103 Å². The van der Waals surface area contributed by atoms with Gasteiger partial charge in [0, 0.05) is 5.56 Å². The van der Waals surface area contributed by atoms with Crippen molar-refractivity contribution in [1.29, 1.82) is 10.5 Å². The van der Waals surface area contributed by atoms with Crippen molar-refractivity contribution in [3.8, 4) is 23.6 Å². The van der Waals surface area contributed by atoms with E-state index in [1.807, 2.05) is 0 Å². The van der Waals surface area contributed by atoms with Crippen molar-refractivity contribution in [2.75, 3.05) is 7.11 Å². The second kappa shape index (κ2) is 6.81. The predicted octanol–water partition coefficient (Wildman–Crippen LogP) is 1.98. The van der Waals surface area contributed by atoms with Crippen LogP contribution in [0.4, 0.5) is 0 Å². The van der Waals surface area contributed by atoms with E-state index >= 15 is 0 Å². The minimum Gasteiger partial charge on any atom is -0.493 e. The number of aliphatic carboxylic acids is 1. The molecule has 1 N–H and O–H groups in total. The van der Waals surface area contributed by atoms with Crippen LogP contribution in [0.25, 0.3) is 6.08 Å². The summed E-state index contributed by atoms with van der Waals surface area (Å²) < 4.78 is 10.4. The number of carboxylic acid groups (broad SMARTS) is 1. The standard InChI is InChI=1S/C14H12N2O4/c1-9(14(17)18)20-13-11(6-10(7-15)8-16)4-3-5-12(13)19-2/h3-6,9H,1-2H3,(H,17,18)/t9-/m1/s1. The monoisotopic (exact) mass is 272 g/mol. The fourth-order valence-electron chi connectivity index (χ4n) is 1.41. The molecule has 1 aromatic rings. The maximum atomic E-state index is 10.9. The van der Waals surface area contributed by atoms with Crippen LogP contribution < -0.4 is 9.47 Å². The fourth-order valence-corrected chi connectivity index (χ4v) is 1.41. The van der Waals surface area contributed by atoms with E-state index in [0.29, 0.717) is 11.3 Å². The van der Waals surface area contributed by atoms with Gasteiger partial charge >= 0.3 is 5.97 Å². The van der Waals surface area contributed by atoms with Gasteiger partial charge in [-0.2, -0.15) is 10.5 Å². The summed E-state index contributed by atoms with van der Waals surface area (Å²) in [5, 5.41) is 26.4. The maximum Gasteiger partial charge on any atom is 0.344 e. The Hall–Kier alpha value is -2.99. The Morgan fingerprint density at radius 1 is 1.40 bits per heavy atom. The summed E-state index contributed by atoms with van der Waals surface area (Å²) in [6, 6.07) is 8.30. The zero-order chi connectivity index (χ0) is 15.1. The molecule has 102 valence electrons. The number of rotatable bonds is 5. The molecule has 1 rings (SSSR count). The molecule has 0 heterocycles. The molecular formula is C14H12N2O4. The van der Waals surface area contributed by atoms with E-state index < -0.39 is 12.1 Å². The Balaban J connectivity index is 3.32. The van der Waals surface area contributed by atoms with Gasteiger partial charge in [0.1, 0.15) is 17.7 Å². The van der Waals surface area contributed by atoms with E-state index in [4.69, 9.17) is 25.1 Å². The van der Waals surface area contributed by atoms with E-state index in [1.54, 1.807) is 30.3 Å². The van der Waals surface area contributed by atoms with Crippen LogP contribution in [0.3, 0.4) is 0 Å². The van der Waals surface area contributed by atoms with Crippen LogP contribution in [0.1, 0.15) is 12.5 Å². The molecular weight excluding hydrogens is 260 g/mol. The quantitative estimate of drug-likeness (QED) is 0.822. The van der Waals surface area contributed by atoms with Crippen LogP contribution in [0.2, 0.25) is 0 Å². The number of carboxylic acids is 1. The third-order valence-electron chi connectivity index (χ3n) is 2.41. The number of hydrogen-bond acceptors (Lipinski definition) is 5. The number of nitriles is 2. The number of benzene rings is 1. The zero-order valence-corrected chi connectivity index (χ0v) is 11.0. The molecule has 0 radical (unpaired) electrons. The summed E-state index contributed by atoms with van der Waals surface area (Å²) in [5.41, 5.74) is 0.279. The number of allylic oxidation sites excluding steroid dienone is 1. The van der Waals surface area contributed by atoms with Crippen molar-refractivity contribution in [3.05, 3.63) is 29.3 Å². The lowest BCUT2D eigenvalue weighted by Crippen LogP contribution is -2.23. The smallest absolute Gasteiger partial charge is 0.344 e. The van der Waals surface area contributed by atoms with Crippen LogP contribution in [-0.2, 0) is 4.79 Å². The molecule has 0 saturated carbocycles. The van der Waals surface area contributed by atoms with Gasteiger partial charge in [-0.15, -0.1) is 0 Å². The van der Waals surface area contributed by atoms with Gasteiger partial charge in [0.05, 0.1) is 7.11 Å². The number of carbonyl (C=O) groups is 1. The molecule has 0 fully saturated rings. The van der Waals surface area contributed by atoms with Crippen molar-refractivity contribution in [2.24, 2.45) is 0 Å². The fraction of sp³-hybridized carbons (Fsp3) is 0.214. The molecule has 0 aliphatic rings. The molecule has 0 spiro atoms. The Labute approximate surface area is 116 Å². The molecule has 6 nitrogen and oxygen atoms in total. The van der Waals surface area contributed by atoms with Crippen LogP contribution in [0.15, 0.2) is 23.8 Å². The molecule has 20 heavy (non-hydrogen) atoms. The summed E-state index contributed by atoms with van der Waals surface area (Å²) in [6.45, 7) is 1.37. The Kier molecular flexibility index (Phi) is 5.13. The van der Waals surface area contributed by atoms with Gasteiger partial charge in [0.25, 0.3) is 0 Å². The van der Waals surface area contributed by atoms with Crippen molar-refractivity contribution < 1.29 is 19.4 Å². The SMILES string of the molecule is COc1cccc(C=C(C#N)C#N)c1O[C@H](C)C(=O)O. The third-order valence-corrected chi connectivity index (χ3v) is 2.41. The molecule has 0 aliphatic heterocycles. The summed E-state index contributed by atoms with van der Waals surface area (Å²) in [7, 11) is 1.41. The minimum atomic E-state index is -1.13.